The predicted molar refractivity (Wildman–Crippen MR) is 203 cm³/mol. The van der Waals surface area contributed by atoms with E-state index < -0.39 is 0 Å². The van der Waals surface area contributed by atoms with Crippen molar-refractivity contribution in [1.82, 2.24) is 9.13 Å². The average Bonchev–Trinajstić information content (AvgIpc) is 3.69. The van der Waals surface area contributed by atoms with E-state index in [0.717, 1.165) is 66.5 Å². The van der Waals surface area contributed by atoms with Gasteiger partial charge >= 0.3 is 0 Å². The Morgan fingerprint density at radius 1 is 0.500 bits per heavy atom. The quantitative estimate of drug-likeness (QED) is 0.177. The van der Waals surface area contributed by atoms with Crippen molar-refractivity contribution in [2.24, 2.45) is 0 Å². The summed E-state index contributed by atoms with van der Waals surface area (Å²) >= 11 is 0. The molecule has 50 heavy (non-hydrogen) atoms. The summed E-state index contributed by atoms with van der Waals surface area (Å²) in [5.41, 5.74) is 10.9. The maximum Gasteiger partial charge on any atom is 0.211 e. The lowest BCUT2D eigenvalue weighted by molar-refractivity contribution is 1.18. The first kappa shape index (κ1) is 28.8. The normalized spacial score (nSPS) is 11.1. The van der Waals surface area contributed by atoms with E-state index >= 15 is 0 Å². The number of nitriles is 1. The zero-order valence-corrected chi connectivity index (χ0v) is 26.7. The van der Waals surface area contributed by atoms with Crippen LogP contribution in [-0.2, 0) is 0 Å². The van der Waals surface area contributed by atoms with Crippen molar-refractivity contribution in [2.45, 2.75) is 0 Å². The Morgan fingerprint density at radius 2 is 1.08 bits per heavy atom. The number of hydrogen-bond acceptors (Lipinski definition) is 1. The van der Waals surface area contributed by atoms with Gasteiger partial charge in [-0.15, -0.1) is 0 Å². The van der Waals surface area contributed by atoms with E-state index in [2.05, 4.69) is 110 Å². The van der Waals surface area contributed by atoms with Gasteiger partial charge in [-0.1, -0.05) is 103 Å². The molecule has 2 aromatic heterocycles. The van der Waals surface area contributed by atoms with Gasteiger partial charge in [0.15, 0.2) is 5.69 Å². The van der Waals surface area contributed by atoms with Crippen LogP contribution < -0.4 is 0 Å². The van der Waals surface area contributed by atoms with Crippen LogP contribution in [0, 0.1) is 24.5 Å². The Balaban J connectivity index is 1.28. The molecule has 0 aliphatic carbocycles. The van der Waals surface area contributed by atoms with Crippen molar-refractivity contribution in [2.75, 3.05) is 0 Å². The van der Waals surface area contributed by atoms with Gasteiger partial charge in [-0.25, -0.2) is 9.69 Å². The molecule has 0 saturated heterocycles. The van der Waals surface area contributed by atoms with Gasteiger partial charge < -0.3 is 9.13 Å². The number of aromatic nitrogens is 2. The Bertz CT molecular complexity index is 2900. The average molecular weight is 636 g/mol. The summed E-state index contributed by atoms with van der Waals surface area (Å²) < 4.78 is 4.42. The first-order valence-corrected chi connectivity index (χ1v) is 16.2. The second-order valence-corrected chi connectivity index (χ2v) is 12.2. The van der Waals surface area contributed by atoms with Gasteiger partial charge in [0.2, 0.25) is 5.69 Å². The molecular formula is C45H25N5. The standard InChI is InChI=1S/C45H25N5/c1-47-31-23-26-43-38(27-31)35-14-5-8-20-42(35)50(43)45-37(16-10-17-39(45)48-2)36-15-9-11-30(28-46)44(36)29-21-24-32(25-22-29)49-40-18-6-3-12-33(40)34-13-4-7-19-41(34)49/h3-27H. The molecule has 0 aliphatic heterocycles. The molecule has 0 fully saturated rings. The summed E-state index contributed by atoms with van der Waals surface area (Å²) in [7, 11) is 0. The molecule has 230 valence electrons. The monoisotopic (exact) mass is 635 g/mol. The minimum atomic E-state index is 0.495. The molecule has 9 rings (SSSR count). The van der Waals surface area contributed by atoms with Gasteiger partial charge in [-0.3, -0.25) is 0 Å². The SMILES string of the molecule is [C-]#[N+]c1ccc2c(c1)c1ccccc1n2-c1c([N+]#[C-])cccc1-c1cccc(C#N)c1-c1ccc(-n2c3ccccc3c3ccccc32)cc1. The molecule has 0 amide bonds. The lowest BCUT2D eigenvalue weighted by Gasteiger charge is -2.19. The van der Waals surface area contributed by atoms with Crippen LogP contribution in [0.15, 0.2) is 152 Å². The summed E-state index contributed by atoms with van der Waals surface area (Å²) in [5.74, 6) is 0. The van der Waals surface area contributed by atoms with Crippen LogP contribution in [0.3, 0.4) is 0 Å². The molecule has 2 heterocycles. The molecule has 0 radical (unpaired) electrons. The van der Waals surface area contributed by atoms with E-state index in [1.54, 1.807) is 0 Å². The van der Waals surface area contributed by atoms with Gasteiger partial charge in [-0.2, -0.15) is 5.26 Å². The highest BCUT2D eigenvalue weighted by molar-refractivity contribution is 6.12. The minimum absolute atomic E-state index is 0.495. The first-order chi connectivity index (χ1) is 24.7. The molecular weight excluding hydrogens is 611 g/mol. The summed E-state index contributed by atoms with van der Waals surface area (Å²) in [5, 5.41) is 14.8. The Hall–Kier alpha value is -7.39. The molecule has 9 aromatic rings. The van der Waals surface area contributed by atoms with Crippen LogP contribution in [0.4, 0.5) is 11.4 Å². The third-order valence-corrected chi connectivity index (χ3v) is 9.61. The summed E-state index contributed by atoms with van der Waals surface area (Å²) in [6, 6.07) is 53.1. The van der Waals surface area contributed by atoms with E-state index in [1.807, 2.05) is 66.7 Å². The van der Waals surface area contributed by atoms with Crippen molar-refractivity contribution in [3.63, 3.8) is 0 Å². The zero-order valence-electron chi connectivity index (χ0n) is 26.7. The molecule has 0 N–H and O–H groups in total. The number of para-hydroxylation sites is 4. The van der Waals surface area contributed by atoms with Gasteiger partial charge in [0.05, 0.1) is 52.5 Å². The second-order valence-electron chi connectivity index (χ2n) is 12.2. The molecule has 0 saturated carbocycles. The van der Waals surface area contributed by atoms with E-state index in [9.17, 15) is 5.26 Å². The second kappa shape index (κ2) is 11.4. The largest absolute Gasteiger partial charge is 0.318 e. The van der Waals surface area contributed by atoms with Crippen LogP contribution >= 0.6 is 0 Å². The summed E-state index contributed by atoms with van der Waals surface area (Å²) in [4.78, 5) is 7.69. The highest BCUT2D eigenvalue weighted by Crippen LogP contribution is 2.45. The van der Waals surface area contributed by atoms with Gasteiger partial charge in [0, 0.05) is 27.4 Å². The maximum atomic E-state index is 10.4. The molecule has 0 aliphatic rings. The van der Waals surface area contributed by atoms with Crippen molar-refractivity contribution in [3.8, 4) is 39.7 Å². The lowest BCUT2D eigenvalue weighted by atomic mass is 9.89. The predicted octanol–water partition coefficient (Wildman–Crippen LogP) is 12.2. The topological polar surface area (TPSA) is 42.4 Å². The molecule has 5 heteroatoms. The van der Waals surface area contributed by atoms with Crippen LogP contribution in [-0.4, -0.2) is 9.13 Å². The van der Waals surface area contributed by atoms with E-state index in [0.29, 0.717) is 16.9 Å². The van der Waals surface area contributed by atoms with E-state index in [-0.39, 0.29) is 0 Å². The van der Waals surface area contributed by atoms with Crippen LogP contribution in [0.1, 0.15) is 5.56 Å². The summed E-state index contributed by atoms with van der Waals surface area (Å²) in [6.07, 6.45) is 0. The van der Waals surface area contributed by atoms with Gasteiger partial charge in [-0.05, 0) is 70.6 Å². The minimum Gasteiger partial charge on any atom is -0.318 e. The van der Waals surface area contributed by atoms with Crippen molar-refractivity contribution >= 4 is 55.0 Å². The third kappa shape index (κ3) is 4.24. The molecule has 0 bridgehead atoms. The number of nitrogens with zero attached hydrogens (tertiary/aromatic N) is 5. The number of fused-ring (bicyclic) bond motifs is 6. The van der Waals surface area contributed by atoms with E-state index in [4.69, 9.17) is 13.1 Å². The van der Waals surface area contributed by atoms with Crippen LogP contribution in [0.2, 0.25) is 0 Å². The van der Waals surface area contributed by atoms with Crippen molar-refractivity contribution < 1.29 is 0 Å². The van der Waals surface area contributed by atoms with E-state index in [1.165, 1.54) is 10.8 Å². The fraction of sp³-hybridized carbons (Fsp3) is 0. The maximum absolute atomic E-state index is 10.4. The first-order valence-electron chi connectivity index (χ1n) is 16.2. The Kier molecular flexibility index (Phi) is 6.56. The van der Waals surface area contributed by atoms with Crippen LogP contribution in [0.25, 0.3) is 86.9 Å². The Labute approximate surface area is 288 Å². The third-order valence-electron chi connectivity index (χ3n) is 9.61. The molecule has 7 aromatic carbocycles. The lowest BCUT2D eigenvalue weighted by Crippen LogP contribution is -2.00. The number of benzene rings is 7. The molecule has 0 atom stereocenters. The highest BCUT2D eigenvalue weighted by atomic mass is 15.0. The fourth-order valence-corrected chi connectivity index (χ4v) is 7.50. The molecule has 5 nitrogen and oxygen atoms in total. The van der Waals surface area contributed by atoms with Gasteiger partial charge in [0.1, 0.15) is 0 Å². The van der Waals surface area contributed by atoms with Crippen LogP contribution in [0.5, 0.6) is 0 Å². The number of rotatable bonds is 4. The Morgan fingerprint density at radius 3 is 1.72 bits per heavy atom. The molecule has 0 unspecified atom stereocenters. The van der Waals surface area contributed by atoms with Crippen molar-refractivity contribution in [1.29, 1.82) is 5.26 Å². The summed E-state index contributed by atoms with van der Waals surface area (Å²) in [6.45, 7) is 15.9. The zero-order chi connectivity index (χ0) is 33.8. The smallest absolute Gasteiger partial charge is 0.211 e. The molecule has 0 spiro atoms. The highest BCUT2D eigenvalue weighted by Gasteiger charge is 2.22. The fourth-order valence-electron chi connectivity index (χ4n) is 7.50. The van der Waals surface area contributed by atoms with Crippen molar-refractivity contribution in [3.05, 3.63) is 180 Å². The number of hydrogen-bond donors (Lipinski definition) is 0. The van der Waals surface area contributed by atoms with Gasteiger partial charge in [0.25, 0.3) is 0 Å².